The van der Waals surface area contributed by atoms with Crippen molar-refractivity contribution in [3.63, 3.8) is 0 Å². The Morgan fingerprint density at radius 2 is 1.97 bits per heavy atom. The second kappa shape index (κ2) is 7.85. The summed E-state index contributed by atoms with van der Waals surface area (Å²) in [6.45, 7) is 5.11. The average molecular weight is 461 g/mol. The third-order valence-corrected chi connectivity index (χ3v) is 8.42. The van der Waals surface area contributed by atoms with Crippen molar-refractivity contribution in [2.75, 3.05) is 13.1 Å². The van der Waals surface area contributed by atoms with Gasteiger partial charge in [0.25, 0.3) is 0 Å². The zero-order valence-corrected chi connectivity index (χ0v) is 19.9. The van der Waals surface area contributed by atoms with Crippen molar-refractivity contribution in [2.45, 2.75) is 64.2 Å². The van der Waals surface area contributed by atoms with E-state index in [-0.39, 0.29) is 22.6 Å². The van der Waals surface area contributed by atoms with E-state index in [0.29, 0.717) is 18.7 Å². The minimum Gasteiger partial charge on any atom is -0.630 e. The molecular formula is C28H32N2O4. The summed E-state index contributed by atoms with van der Waals surface area (Å²) >= 11 is 0. The lowest BCUT2D eigenvalue weighted by Crippen LogP contribution is -2.73. The summed E-state index contributed by atoms with van der Waals surface area (Å²) in [6, 6.07) is 13.7. The van der Waals surface area contributed by atoms with E-state index in [1.807, 2.05) is 56.3 Å². The summed E-state index contributed by atoms with van der Waals surface area (Å²) < 4.78 is 12.4. The number of quaternary nitrogens is 1. The minimum absolute atomic E-state index is 0.166. The van der Waals surface area contributed by atoms with Gasteiger partial charge in [-0.25, -0.2) is 4.79 Å². The third-order valence-electron chi connectivity index (χ3n) is 8.42. The largest absolute Gasteiger partial charge is 0.630 e. The van der Waals surface area contributed by atoms with Crippen LogP contribution in [0.2, 0.25) is 0 Å². The van der Waals surface area contributed by atoms with E-state index in [1.165, 1.54) is 0 Å². The van der Waals surface area contributed by atoms with Gasteiger partial charge in [-0.1, -0.05) is 30.3 Å². The first-order valence-corrected chi connectivity index (χ1v) is 12.6. The van der Waals surface area contributed by atoms with Crippen LogP contribution in [0.15, 0.2) is 42.5 Å². The Balaban J connectivity index is 1.41. The van der Waals surface area contributed by atoms with Crippen LogP contribution in [0.3, 0.4) is 0 Å². The van der Waals surface area contributed by atoms with Gasteiger partial charge in [-0.2, -0.15) is 0 Å². The van der Waals surface area contributed by atoms with Crippen LogP contribution < -0.4 is 4.74 Å². The lowest BCUT2D eigenvalue weighted by Gasteiger charge is -2.64. The molecule has 2 fully saturated rings. The van der Waals surface area contributed by atoms with Gasteiger partial charge in [0.05, 0.1) is 24.6 Å². The number of nitrogens with zero attached hydrogens (tertiary/aromatic N) is 1. The van der Waals surface area contributed by atoms with Crippen molar-refractivity contribution in [3.05, 3.63) is 70.1 Å². The number of carbonyl (C=O) groups excluding carboxylic acids is 1. The number of hydrogen-bond acceptors (Lipinski definition) is 4. The van der Waals surface area contributed by atoms with Gasteiger partial charge in [0.2, 0.25) is 5.72 Å². The van der Waals surface area contributed by atoms with Crippen LogP contribution in [0, 0.1) is 18.0 Å². The standard InChI is InChI=1S/C28H32N2O4/c1-18-25(27(31)33-19(2)20-9-4-3-5-10-20)26-22-17-21-11-8-16-30(32)15-7-6-14-28(21,30)34-24(22)13-12-23(26)29-18/h3-5,9-10,12-13,19,21,29H,6-8,11,14-17H2,1-2H3/t19-,21?,28?,30?/m0/s1. The van der Waals surface area contributed by atoms with E-state index in [2.05, 4.69) is 4.98 Å². The molecule has 0 radical (unpaired) electrons. The number of fused-ring (bicyclic) bond motifs is 3. The minimum atomic E-state index is -0.676. The molecule has 3 unspecified atom stereocenters. The molecule has 2 aromatic carbocycles. The predicted octanol–water partition coefficient (Wildman–Crippen LogP) is 5.93. The van der Waals surface area contributed by atoms with E-state index in [0.717, 1.165) is 72.0 Å². The highest BCUT2D eigenvalue weighted by Crippen LogP contribution is 2.53. The Kier molecular flexibility index (Phi) is 5.01. The molecule has 1 spiro atoms. The van der Waals surface area contributed by atoms with Crippen molar-refractivity contribution >= 4 is 16.9 Å². The van der Waals surface area contributed by atoms with Gasteiger partial charge in [0, 0.05) is 28.6 Å². The Hall–Kier alpha value is -2.83. The number of aryl methyl sites for hydroxylation is 1. The van der Waals surface area contributed by atoms with E-state index < -0.39 is 5.72 Å². The SMILES string of the molecule is Cc1[nH]c2ccc3c(c2c1C(=O)O[C@@H](C)c1ccccc1)CC1CCC[N+]2([O-])CCCCC12O3. The maximum Gasteiger partial charge on any atom is 0.341 e. The van der Waals surface area contributed by atoms with E-state index in [4.69, 9.17) is 9.47 Å². The number of nitrogens with one attached hydrogen (secondary N) is 1. The molecule has 6 heteroatoms. The van der Waals surface area contributed by atoms with Crippen LogP contribution in [-0.4, -0.2) is 34.4 Å². The number of aromatic nitrogens is 1. The van der Waals surface area contributed by atoms with E-state index in [1.54, 1.807) is 0 Å². The van der Waals surface area contributed by atoms with Gasteiger partial charge >= 0.3 is 5.97 Å². The Morgan fingerprint density at radius 1 is 1.18 bits per heavy atom. The van der Waals surface area contributed by atoms with E-state index >= 15 is 0 Å². The Morgan fingerprint density at radius 3 is 2.79 bits per heavy atom. The fourth-order valence-electron chi connectivity index (χ4n) is 6.75. The maximum absolute atomic E-state index is 13.9. The number of carbonyl (C=O) groups is 1. The molecule has 34 heavy (non-hydrogen) atoms. The molecule has 1 N–H and O–H groups in total. The molecule has 0 amide bonds. The second-order valence-corrected chi connectivity index (χ2v) is 10.3. The average Bonchev–Trinajstić information content (AvgIpc) is 3.18. The van der Waals surface area contributed by atoms with Crippen LogP contribution in [0.4, 0.5) is 0 Å². The predicted molar refractivity (Wildman–Crippen MR) is 130 cm³/mol. The number of rotatable bonds is 3. The normalized spacial score (nSPS) is 28.9. The highest BCUT2D eigenvalue weighted by Gasteiger charge is 2.59. The van der Waals surface area contributed by atoms with Crippen LogP contribution in [0.1, 0.15) is 72.3 Å². The molecule has 3 aliphatic heterocycles. The zero-order valence-electron chi connectivity index (χ0n) is 19.9. The molecule has 0 bridgehead atoms. The number of piperidine rings is 2. The maximum atomic E-state index is 13.9. The first-order chi connectivity index (χ1) is 16.4. The first kappa shape index (κ1) is 21.7. The van der Waals surface area contributed by atoms with Gasteiger partial charge in [0.1, 0.15) is 11.9 Å². The van der Waals surface area contributed by atoms with Crippen molar-refractivity contribution < 1.29 is 18.9 Å². The number of hydrogen-bond donors (Lipinski definition) is 1. The number of aromatic amines is 1. The summed E-state index contributed by atoms with van der Waals surface area (Å²) in [5, 5.41) is 14.8. The number of H-pyrrole nitrogens is 1. The number of hydroxylamine groups is 3. The van der Waals surface area contributed by atoms with Crippen molar-refractivity contribution in [3.8, 4) is 5.75 Å². The van der Waals surface area contributed by atoms with Crippen LogP contribution >= 0.6 is 0 Å². The van der Waals surface area contributed by atoms with Crippen molar-refractivity contribution in [1.82, 2.24) is 4.98 Å². The lowest BCUT2D eigenvalue weighted by molar-refractivity contribution is -0.970. The third kappa shape index (κ3) is 3.12. The topological polar surface area (TPSA) is 74.4 Å². The summed E-state index contributed by atoms with van der Waals surface area (Å²) in [7, 11) is 0. The van der Waals surface area contributed by atoms with Gasteiger partial charge in [-0.3, -0.25) is 0 Å². The Labute approximate surface area is 200 Å². The van der Waals surface area contributed by atoms with Crippen LogP contribution in [0.5, 0.6) is 5.75 Å². The van der Waals surface area contributed by atoms with E-state index in [9.17, 15) is 10.0 Å². The summed E-state index contributed by atoms with van der Waals surface area (Å²) in [6.07, 6.45) is 5.16. The van der Waals surface area contributed by atoms with Crippen LogP contribution in [-0.2, 0) is 11.2 Å². The lowest BCUT2D eigenvalue weighted by atomic mass is 9.74. The van der Waals surface area contributed by atoms with Gasteiger partial charge < -0.3 is 24.3 Å². The highest BCUT2D eigenvalue weighted by molar-refractivity contribution is 6.07. The molecule has 6 rings (SSSR count). The molecule has 1 aromatic heterocycles. The molecule has 0 saturated carbocycles. The first-order valence-electron chi connectivity index (χ1n) is 12.6. The smallest absolute Gasteiger partial charge is 0.341 e. The number of benzene rings is 2. The molecule has 3 aliphatic rings. The molecule has 178 valence electrons. The van der Waals surface area contributed by atoms with Crippen molar-refractivity contribution in [1.29, 1.82) is 0 Å². The number of ether oxygens (including phenoxy) is 2. The Bertz CT molecular complexity index is 1250. The second-order valence-electron chi connectivity index (χ2n) is 10.3. The molecule has 3 aromatic rings. The molecular weight excluding hydrogens is 428 g/mol. The van der Waals surface area contributed by atoms with Gasteiger partial charge in [0.15, 0.2) is 0 Å². The monoisotopic (exact) mass is 460 g/mol. The molecule has 0 aliphatic carbocycles. The van der Waals surface area contributed by atoms with Gasteiger partial charge in [-0.05, 0) is 63.6 Å². The molecule has 4 heterocycles. The summed E-state index contributed by atoms with van der Waals surface area (Å²) in [5.74, 6) is 0.596. The molecule has 6 nitrogen and oxygen atoms in total. The molecule has 2 saturated heterocycles. The quantitative estimate of drug-likeness (QED) is 0.298. The number of esters is 1. The molecule has 4 atom stereocenters. The highest BCUT2D eigenvalue weighted by atomic mass is 16.6. The fourth-order valence-corrected chi connectivity index (χ4v) is 6.75. The van der Waals surface area contributed by atoms with Gasteiger partial charge in [-0.15, -0.1) is 0 Å². The van der Waals surface area contributed by atoms with Crippen LogP contribution in [0.25, 0.3) is 10.9 Å². The summed E-state index contributed by atoms with van der Waals surface area (Å²) in [4.78, 5) is 16.8. The summed E-state index contributed by atoms with van der Waals surface area (Å²) in [5.41, 5.74) is 3.61. The zero-order chi connectivity index (χ0) is 23.5. The fraction of sp³-hybridized carbons (Fsp3) is 0.464. The van der Waals surface area contributed by atoms with Crippen molar-refractivity contribution in [2.24, 2.45) is 5.92 Å².